The first-order valence-electron chi connectivity index (χ1n) is 8.34. The molecule has 2 aliphatic rings. The molecule has 0 aromatic heterocycles. The largest absolute Gasteiger partial charge is 0.341 e. The second kappa shape index (κ2) is 8.03. The molecule has 8 heteroatoms. The number of rotatable bonds is 3. The summed E-state index contributed by atoms with van der Waals surface area (Å²) in [5.74, 6) is -0.0921. The molecule has 0 atom stereocenters. The van der Waals surface area contributed by atoms with Crippen LogP contribution in [0, 0.1) is 5.92 Å². The van der Waals surface area contributed by atoms with Crippen LogP contribution < -0.4 is 0 Å². The summed E-state index contributed by atoms with van der Waals surface area (Å²) in [5.41, 5.74) is 0.484. The summed E-state index contributed by atoms with van der Waals surface area (Å²) >= 11 is 13.0. The summed E-state index contributed by atoms with van der Waals surface area (Å²) in [6.07, 6.45) is 3.39. The van der Waals surface area contributed by atoms with Crippen molar-refractivity contribution in [3.8, 4) is 0 Å². The lowest BCUT2D eigenvalue weighted by atomic mass is 9.99. The molecule has 1 aromatic rings. The van der Waals surface area contributed by atoms with E-state index in [9.17, 15) is 14.4 Å². The van der Waals surface area contributed by atoms with Crippen LogP contribution in [-0.2, 0) is 9.59 Å². The predicted octanol–water partition coefficient (Wildman–Crippen LogP) is 4.29. The van der Waals surface area contributed by atoms with Crippen molar-refractivity contribution in [2.24, 2.45) is 5.92 Å². The number of nitrogens with zero attached hydrogens (tertiary/aromatic N) is 2. The minimum Gasteiger partial charge on any atom is -0.341 e. The van der Waals surface area contributed by atoms with Gasteiger partial charge < -0.3 is 4.90 Å². The molecule has 138 valence electrons. The number of thioether (sulfide) groups is 1. The lowest BCUT2D eigenvalue weighted by Gasteiger charge is -2.31. The maximum atomic E-state index is 12.6. The van der Waals surface area contributed by atoms with Gasteiger partial charge in [0.2, 0.25) is 5.91 Å². The van der Waals surface area contributed by atoms with Crippen LogP contribution in [0.4, 0.5) is 4.79 Å². The number of amides is 3. The van der Waals surface area contributed by atoms with Crippen LogP contribution in [0.1, 0.15) is 25.3 Å². The number of halogens is 2. The van der Waals surface area contributed by atoms with Crippen molar-refractivity contribution in [1.29, 1.82) is 0 Å². The summed E-state index contributed by atoms with van der Waals surface area (Å²) < 4.78 is 0. The molecule has 2 saturated heterocycles. The van der Waals surface area contributed by atoms with Crippen molar-refractivity contribution in [3.63, 3.8) is 0 Å². The van der Waals surface area contributed by atoms with Crippen LogP contribution in [0.5, 0.6) is 0 Å². The van der Waals surface area contributed by atoms with E-state index in [1.807, 2.05) is 0 Å². The average molecular weight is 413 g/mol. The molecule has 3 rings (SSSR count). The molecule has 0 saturated carbocycles. The molecular weight excluding hydrogens is 395 g/mol. The van der Waals surface area contributed by atoms with Gasteiger partial charge in [0.1, 0.15) is 6.54 Å². The van der Waals surface area contributed by atoms with Gasteiger partial charge in [-0.3, -0.25) is 19.3 Å². The van der Waals surface area contributed by atoms with Gasteiger partial charge in [-0.2, -0.15) is 0 Å². The Morgan fingerprint density at radius 3 is 2.46 bits per heavy atom. The van der Waals surface area contributed by atoms with Crippen molar-refractivity contribution < 1.29 is 14.4 Å². The Morgan fingerprint density at radius 2 is 1.85 bits per heavy atom. The van der Waals surface area contributed by atoms with E-state index in [1.54, 1.807) is 23.1 Å². The Bertz CT molecular complexity index is 768. The van der Waals surface area contributed by atoms with Crippen LogP contribution in [0.2, 0.25) is 10.0 Å². The fourth-order valence-electron chi connectivity index (χ4n) is 2.91. The van der Waals surface area contributed by atoms with Gasteiger partial charge in [0.05, 0.1) is 4.91 Å². The minimum atomic E-state index is -0.491. The standard InChI is InChI=1S/C18H18Cl2N2O3S/c1-11-5-7-21(8-6-11)16(23)10-22-17(24)15(26-18(22)25)9-12-13(19)3-2-4-14(12)20/h2-4,9,11H,5-8,10H2,1H3/b15-9+. The molecule has 0 spiro atoms. The zero-order chi connectivity index (χ0) is 18.8. The van der Waals surface area contributed by atoms with E-state index in [2.05, 4.69) is 6.92 Å². The number of hydrogen-bond acceptors (Lipinski definition) is 4. The molecule has 26 heavy (non-hydrogen) atoms. The second-order valence-corrected chi connectivity index (χ2v) is 8.27. The van der Waals surface area contributed by atoms with Crippen molar-refractivity contribution >= 4 is 58.1 Å². The number of imide groups is 1. The van der Waals surface area contributed by atoms with E-state index >= 15 is 0 Å². The fourth-order valence-corrected chi connectivity index (χ4v) is 4.24. The first-order valence-corrected chi connectivity index (χ1v) is 9.91. The summed E-state index contributed by atoms with van der Waals surface area (Å²) in [6, 6.07) is 5.01. The molecule has 5 nitrogen and oxygen atoms in total. The lowest BCUT2D eigenvalue weighted by Crippen LogP contribution is -2.45. The van der Waals surface area contributed by atoms with E-state index in [-0.39, 0.29) is 17.4 Å². The highest BCUT2D eigenvalue weighted by atomic mass is 35.5. The third kappa shape index (κ3) is 4.08. The monoisotopic (exact) mass is 412 g/mol. The first kappa shape index (κ1) is 19.3. The summed E-state index contributed by atoms with van der Waals surface area (Å²) in [6.45, 7) is 3.26. The highest BCUT2D eigenvalue weighted by Crippen LogP contribution is 2.35. The Hall–Kier alpha value is -1.50. The molecule has 0 unspecified atom stereocenters. The molecule has 0 aliphatic carbocycles. The number of benzene rings is 1. The zero-order valence-electron chi connectivity index (χ0n) is 14.2. The van der Waals surface area contributed by atoms with Crippen molar-refractivity contribution in [1.82, 2.24) is 9.80 Å². The molecule has 2 fully saturated rings. The van der Waals surface area contributed by atoms with Crippen molar-refractivity contribution in [2.45, 2.75) is 19.8 Å². The third-order valence-electron chi connectivity index (χ3n) is 4.58. The number of piperidine rings is 1. The van der Waals surface area contributed by atoms with Gasteiger partial charge in [0, 0.05) is 28.7 Å². The van der Waals surface area contributed by atoms with Gasteiger partial charge in [0.25, 0.3) is 11.1 Å². The second-order valence-electron chi connectivity index (χ2n) is 6.47. The number of carbonyl (C=O) groups excluding carboxylic acids is 3. The Labute approximate surface area is 166 Å². The topological polar surface area (TPSA) is 57.7 Å². The lowest BCUT2D eigenvalue weighted by molar-refractivity contribution is -0.136. The first-order chi connectivity index (χ1) is 12.4. The Morgan fingerprint density at radius 1 is 1.23 bits per heavy atom. The van der Waals surface area contributed by atoms with Crippen LogP contribution in [0.25, 0.3) is 6.08 Å². The normalized spacial score (nSPS) is 20.3. The van der Waals surface area contributed by atoms with E-state index in [0.717, 1.165) is 29.5 Å². The van der Waals surface area contributed by atoms with E-state index in [1.165, 1.54) is 6.08 Å². The van der Waals surface area contributed by atoms with Gasteiger partial charge in [-0.15, -0.1) is 0 Å². The predicted molar refractivity (Wildman–Crippen MR) is 104 cm³/mol. The quantitative estimate of drug-likeness (QED) is 0.694. The van der Waals surface area contributed by atoms with E-state index < -0.39 is 11.1 Å². The minimum absolute atomic E-state index is 0.198. The number of carbonyl (C=O) groups is 3. The maximum Gasteiger partial charge on any atom is 0.294 e. The fraction of sp³-hybridized carbons (Fsp3) is 0.389. The van der Waals surface area contributed by atoms with Gasteiger partial charge in [-0.25, -0.2) is 0 Å². The highest BCUT2D eigenvalue weighted by Gasteiger charge is 2.37. The van der Waals surface area contributed by atoms with Crippen molar-refractivity contribution in [2.75, 3.05) is 19.6 Å². The van der Waals surface area contributed by atoms with Crippen molar-refractivity contribution in [3.05, 3.63) is 38.7 Å². The van der Waals surface area contributed by atoms with Gasteiger partial charge >= 0.3 is 0 Å². The van der Waals surface area contributed by atoms with Crippen LogP contribution >= 0.6 is 35.0 Å². The third-order valence-corrected chi connectivity index (χ3v) is 6.15. The molecule has 0 radical (unpaired) electrons. The Balaban J connectivity index is 1.73. The summed E-state index contributed by atoms with van der Waals surface area (Å²) in [5, 5.41) is 0.328. The van der Waals surface area contributed by atoms with Gasteiger partial charge in [0.15, 0.2) is 0 Å². The van der Waals surface area contributed by atoms with Crippen LogP contribution in [0.15, 0.2) is 23.1 Å². The summed E-state index contributed by atoms with van der Waals surface area (Å²) in [4.78, 5) is 40.1. The molecule has 3 amide bonds. The molecule has 2 aliphatic heterocycles. The van der Waals surface area contributed by atoms with Crippen LogP contribution in [0.3, 0.4) is 0 Å². The number of hydrogen-bond donors (Lipinski definition) is 0. The molecule has 0 bridgehead atoms. The SMILES string of the molecule is CC1CCN(C(=O)CN2C(=O)S/C(=C/c3c(Cl)cccc3Cl)C2=O)CC1. The maximum absolute atomic E-state index is 12.6. The van der Waals surface area contributed by atoms with E-state index in [0.29, 0.717) is 34.6 Å². The number of likely N-dealkylation sites (tertiary alicyclic amines) is 1. The zero-order valence-corrected chi connectivity index (χ0v) is 16.5. The molecule has 2 heterocycles. The molecule has 1 aromatic carbocycles. The molecule has 0 N–H and O–H groups in total. The summed E-state index contributed by atoms with van der Waals surface area (Å²) in [7, 11) is 0. The van der Waals surface area contributed by atoms with E-state index in [4.69, 9.17) is 23.2 Å². The highest BCUT2D eigenvalue weighted by molar-refractivity contribution is 8.18. The van der Waals surface area contributed by atoms with Gasteiger partial charge in [-0.1, -0.05) is 36.2 Å². The van der Waals surface area contributed by atoms with Gasteiger partial charge in [-0.05, 0) is 48.7 Å². The molecular formula is C18H18Cl2N2O3S. The average Bonchev–Trinajstić information content (AvgIpc) is 2.86. The Kier molecular flexibility index (Phi) is 5.95. The smallest absolute Gasteiger partial charge is 0.294 e. The van der Waals surface area contributed by atoms with Crippen LogP contribution in [-0.4, -0.2) is 46.5 Å².